The molecule has 0 aliphatic rings. The van der Waals surface area contributed by atoms with Crippen molar-refractivity contribution in [2.45, 2.75) is 0 Å². The van der Waals surface area contributed by atoms with Gasteiger partial charge in [0.15, 0.2) is 5.13 Å². The molecule has 0 bridgehead atoms. The zero-order valence-electron chi connectivity index (χ0n) is 7.06. The summed E-state index contributed by atoms with van der Waals surface area (Å²) in [5, 5.41) is 5.82. The molecule has 0 saturated heterocycles. The van der Waals surface area contributed by atoms with Gasteiger partial charge in [0.1, 0.15) is 11.4 Å². The van der Waals surface area contributed by atoms with Gasteiger partial charge in [0, 0.05) is 24.8 Å². The number of nitrogens with one attached hydrogen (secondary N) is 1. The van der Waals surface area contributed by atoms with Gasteiger partial charge in [0.25, 0.3) is 0 Å². The third-order valence-electron chi connectivity index (χ3n) is 1.54. The molecule has 66 valence electrons. The van der Waals surface area contributed by atoms with Crippen molar-refractivity contribution in [3.8, 4) is 11.4 Å². The predicted molar refractivity (Wildman–Crippen MR) is 52.7 cm³/mol. The summed E-state index contributed by atoms with van der Waals surface area (Å²) in [7, 11) is 1.85. The number of hydrogen-bond acceptors (Lipinski definition) is 5. The molecule has 2 aromatic rings. The highest BCUT2D eigenvalue weighted by molar-refractivity contribution is 7.14. The van der Waals surface area contributed by atoms with Gasteiger partial charge in [0.2, 0.25) is 0 Å². The van der Waals surface area contributed by atoms with Crippen molar-refractivity contribution in [1.29, 1.82) is 0 Å². The second-order valence-electron chi connectivity index (χ2n) is 2.38. The van der Waals surface area contributed by atoms with Gasteiger partial charge in [-0.15, -0.1) is 11.3 Å². The Balaban J connectivity index is 2.36. The van der Waals surface area contributed by atoms with E-state index in [1.54, 1.807) is 29.9 Å². The molecule has 0 atom stereocenters. The van der Waals surface area contributed by atoms with Crippen molar-refractivity contribution in [3.63, 3.8) is 0 Å². The van der Waals surface area contributed by atoms with Crippen molar-refractivity contribution >= 4 is 16.5 Å². The zero-order valence-corrected chi connectivity index (χ0v) is 7.88. The summed E-state index contributed by atoms with van der Waals surface area (Å²) in [5.41, 5.74) is 1.67. The van der Waals surface area contributed by atoms with E-state index in [1.165, 1.54) is 0 Å². The second-order valence-corrected chi connectivity index (χ2v) is 3.24. The Kier molecular flexibility index (Phi) is 2.18. The zero-order chi connectivity index (χ0) is 9.10. The first-order valence-corrected chi connectivity index (χ1v) is 4.68. The highest BCUT2D eigenvalue weighted by atomic mass is 32.1. The van der Waals surface area contributed by atoms with Crippen LogP contribution in [0.5, 0.6) is 0 Å². The Morgan fingerprint density at radius 2 is 2.23 bits per heavy atom. The average Bonchev–Trinajstić information content (AvgIpc) is 2.67. The molecule has 0 spiro atoms. The van der Waals surface area contributed by atoms with Gasteiger partial charge < -0.3 is 5.32 Å². The van der Waals surface area contributed by atoms with Crippen molar-refractivity contribution in [3.05, 3.63) is 24.0 Å². The number of rotatable bonds is 2. The van der Waals surface area contributed by atoms with E-state index in [0.717, 1.165) is 16.5 Å². The maximum absolute atomic E-state index is 4.30. The van der Waals surface area contributed by atoms with E-state index in [1.807, 2.05) is 12.4 Å². The number of anilines is 1. The summed E-state index contributed by atoms with van der Waals surface area (Å²) >= 11 is 1.55. The molecular weight excluding hydrogens is 184 g/mol. The lowest BCUT2D eigenvalue weighted by atomic mass is 10.4. The lowest BCUT2D eigenvalue weighted by molar-refractivity contribution is 1.19. The van der Waals surface area contributed by atoms with E-state index >= 15 is 0 Å². The van der Waals surface area contributed by atoms with E-state index in [2.05, 4.69) is 20.3 Å². The maximum Gasteiger partial charge on any atom is 0.183 e. The van der Waals surface area contributed by atoms with Crippen LogP contribution in [0.3, 0.4) is 0 Å². The van der Waals surface area contributed by atoms with Gasteiger partial charge >= 0.3 is 0 Å². The van der Waals surface area contributed by atoms with Crippen LogP contribution in [0.1, 0.15) is 0 Å². The Labute approximate surface area is 79.7 Å². The van der Waals surface area contributed by atoms with Crippen LogP contribution in [-0.2, 0) is 0 Å². The molecule has 5 heteroatoms. The lowest BCUT2D eigenvalue weighted by Crippen LogP contribution is -1.87. The molecule has 0 unspecified atom stereocenters. The molecular formula is C8H8N4S. The van der Waals surface area contributed by atoms with Gasteiger partial charge in [0.05, 0.1) is 6.20 Å². The predicted octanol–water partition coefficient (Wildman–Crippen LogP) is 1.64. The monoisotopic (exact) mass is 192 g/mol. The summed E-state index contributed by atoms with van der Waals surface area (Å²) in [6.45, 7) is 0. The number of thiazole rings is 1. The summed E-state index contributed by atoms with van der Waals surface area (Å²) in [6, 6.07) is 0. The SMILES string of the molecule is CNc1nc(-c2cnccn2)cs1. The van der Waals surface area contributed by atoms with E-state index in [-0.39, 0.29) is 0 Å². The average molecular weight is 192 g/mol. The van der Waals surface area contributed by atoms with Crippen LogP contribution in [-0.4, -0.2) is 22.0 Å². The fraction of sp³-hybridized carbons (Fsp3) is 0.125. The third kappa shape index (κ3) is 1.65. The number of aromatic nitrogens is 3. The summed E-state index contributed by atoms with van der Waals surface area (Å²) in [6.07, 6.45) is 5.01. The number of hydrogen-bond donors (Lipinski definition) is 1. The van der Waals surface area contributed by atoms with Crippen molar-refractivity contribution < 1.29 is 0 Å². The third-order valence-corrected chi connectivity index (χ3v) is 2.40. The van der Waals surface area contributed by atoms with E-state index in [4.69, 9.17) is 0 Å². The Hall–Kier alpha value is -1.49. The molecule has 0 aliphatic heterocycles. The molecule has 2 heterocycles. The van der Waals surface area contributed by atoms with Crippen molar-refractivity contribution in [2.75, 3.05) is 12.4 Å². The second kappa shape index (κ2) is 3.49. The normalized spacial score (nSPS) is 9.92. The molecule has 1 N–H and O–H groups in total. The topological polar surface area (TPSA) is 50.7 Å². The summed E-state index contributed by atoms with van der Waals surface area (Å²) in [4.78, 5) is 12.4. The summed E-state index contributed by atoms with van der Waals surface area (Å²) in [5.74, 6) is 0. The Morgan fingerprint density at radius 3 is 2.85 bits per heavy atom. The van der Waals surface area contributed by atoms with Gasteiger partial charge in [-0.05, 0) is 0 Å². The first-order chi connectivity index (χ1) is 6.40. The van der Waals surface area contributed by atoms with Crippen LogP contribution in [0.2, 0.25) is 0 Å². The van der Waals surface area contributed by atoms with Crippen LogP contribution in [0, 0.1) is 0 Å². The minimum absolute atomic E-state index is 0.806. The van der Waals surface area contributed by atoms with Crippen LogP contribution in [0.4, 0.5) is 5.13 Å². The van der Waals surface area contributed by atoms with Gasteiger partial charge in [-0.25, -0.2) is 4.98 Å². The highest BCUT2D eigenvalue weighted by Crippen LogP contribution is 2.21. The van der Waals surface area contributed by atoms with Gasteiger partial charge in [-0.2, -0.15) is 0 Å². The summed E-state index contributed by atoms with van der Waals surface area (Å²) < 4.78 is 0. The van der Waals surface area contributed by atoms with Crippen LogP contribution >= 0.6 is 11.3 Å². The van der Waals surface area contributed by atoms with E-state index < -0.39 is 0 Å². The quantitative estimate of drug-likeness (QED) is 0.786. The minimum Gasteiger partial charge on any atom is -0.365 e. The highest BCUT2D eigenvalue weighted by Gasteiger charge is 2.03. The molecule has 4 nitrogen and oxygen atoms in total. The van der Waals surface area contributed by atoms with Crippen LogP contribution < -0.4 is 5.32 Å². The number of nitrogens with zero attached hydrogens (tertiary/aromatic N) is 3. The Bertz CT molecular complexity index is 384. The molecule has 2 aromatic heterocycles. The standard InChI is InChI=1S/C8H8N4S/c1-9-8-12-7(5-13-8)6-4-10-2-3-11-6/h2-5H,1H3,(H,9,12). The lowest BCUT2D eigenvalue weighted by Gasteiger charge is -1.92. The molecule has 0 aromatic carbocycles. The molecule has 0 fully saturated rings. The van der Waals surface area contributed by atoms with Crippen LogP contribution in [0.15, 0.2) is 24.0 Å². The molecule has 13 heavy (non-hydrogen) atoms. The van der Waals surface area contributed by atoms with Gasteiger partial charge in [-0.3, -0.25) is 9.97 Å². The molecule has 0 radical (unpaired) electrons. The van der Waals surface area contributed by atoms with E-state index in [9.17, 15) is 0 Å². The maximum atomic E-state index is 4.30. The Morgan fingerprint density at radius 1 is 1.31 bits per heavy atom. The first kappa shape index (κ1) is 8.12. The van der Waals surface area contributed by atoms with Gasteiger partial charge in [-0.1, -0.05) is 0 Å². The minimum atomic E-state index is 0.806. The first-order valence-electron chi connectivity index (χ1n) is 3.80. The van der Waals surface area contributed by atoms with Crippen molar-refractivity contribution in [1.82, 2.24) is 15.0 Å². The van der Waals surface area contributed by atoms with E-state index in [0.29, 0.717) is 0 Å². The molecule has 2 rings (SSSR count). The largest absolute Gasteiger partial charge is 0.365 e. The van der Waals surface area contributed by atoms with Crippen molar-refractivity contribution in [2.24, 2.45) is 0 Å². The smallest absolute Gasteiger partial charge is 0.183 e. The molecule has 0 aliphatic carbocycles. The molecule has 0 saturated carbocycles. The molecule has 0 amide bonds. The fourth-order valence-corrected chi connectivity index (χ4v) is 1.60. The van der Waals surface area contributed by atoms with Crippen LogP contribution in [0.25, 0.3) is 11.4 Å². The fourth-order valence-electron chi connectivity index (χ4n) is 0.938.